The van der Waals surface area contributed by atoms with E-state index in [-0.39, 0.29) is 18.5 Å². The molecule has 0 fully saturated rings. The van der Waals surface area contributed by atoms with Gasteiger partial charge in [-0.25, -0.2) is 5.01 Å². The molecular weight excluding hydrogens is 366 g/mol. The molecule has 1 aromatic carbocycles. The maximum absolute atomic E-state index is 12.9. The Morgan fingerprint density at radius 2 is 2.07 bits per heavy atom. The van der Waals surface area contributed by atoms with Crippen LogP contribution in [0.1, 0.15) is 29.5 Å². The van der Waals surface area contributed by atoms with Crippen LogP contribution in [0.15, 0.2) is 68.9 Å². The SMILES string of the molecule is Cc1cc(Cl)ccc1NCC(=O)N1N=C(c2ccco2)CC1c1ccco1. The van der Waals surface area contributed by atoms with Crippen molar-refractivity contribution < 1.29 is 13.6 Å². The molecule has 1 amide bonds. The number of hydrogen-bond acceptors (Lipinski definition) is 5. The van der Waals surface area contributed by atoms with Gasteiger partial charge in [0.25, 0.3) is 5.91 Å². The lowest BCUT2D eigenvalue weighted by Crippen LogP contribution is -2.32. The van der Waals surface area contributed by atoms with Gasteiger partial charge in [-0.1, -0.05) is 11.6 Å². The zero-order valence-electron chi connectivity index (χ0n) is 14.7. The third-order valence-electron chi connectivity index (χ3n) is 4.46. The molecule has 3 heterocycles. The van der Waals surface area contributed by atoms with Crippen molar-refractivity contribution in [3.05, 3.63) is 77.1 Å². The highest BCUT2D eigenvalue weighted by Gasteiger charge is 2.35. The quantitative estimate of drug-likeness (QED) is 0.697. The standard InChI is InChI=1S/C20H18ClN3O3/c1-13-10-14(21)6-7-15(13)22-12-20(25)24-17(19-5-3-9-27-19)11-16(23-24)18-4-2-8-26-18/h2-10,17,22H,11-12H2,1H3. The predicted molar refractivity (Wildman–Crippen MR) is 103 cm³/mol. The summed E-state index contributed by atoms with van der Waals surface area (Å²) in [7, 11) is 0. The van der Waals surface area contributed by atoms with E-state index in [1.807, 2.05) is 31.2 Å². The smallest absolute Gasteiger partial charge is 0.262 e. The van der Waals surface area contributed by atoms with Crippen LogP contribution in [0.2, 0.25) is 5.02 Å². The van der Waals surface area contributed by atoms with Crippen molar-refractivity contribution in [3.63, 3.8) is 0 Å². The van der Waals surface area contributed by atoms with E-state index >= 15 is 0 Å². The Labute approximate surface area is 161 Å². The van der Waals surface area contributed by atoms with Gasteiger partial charge in [-0.15, -0.1) is 0 Å². The van der Waals surface area contributed by atoms with Crippen molar-refractivity contribution in [1.82, 2.24) is 5.01 Å². The first-order valence-electron chi connectivity index (χ1n) is 8.58. The van der Waals surface area contributed by atoms with Crippen LogP contribution in [0, 0.1) is 6.92 Å². The average molecular weight is 384 g/mol. The second-order valence-electron chi connectivity index (χ2n) is 6.31. The lowest BCUT2D eigenvalue weighted by atomic mass is 10.1. The molecule has 0 saturated carbocycles. The number of aryl methyl sites for hydroxylation is 1. The van der Waals surface area contributed by atoms with Crippen molar-refractivity contribution in [3.8, 4) is 0 Å². The molecule has 1 unspecified atom stereocenters. The van der Waals surface area contributed by atoms with Gasteiger partial charge in [-0.05, 0) is 55.0 Å². The zero-order chi connectivity index (χ0) is 18.8. The highest BCUT2D eigenvalue weighted by atomic mass is 35.5. The number of carbonyl (C=O) groups excluding carboxylic acids is 1. The van der Waals surface area contributed by atoms with Crippen molar-refractivity contribution in [1.29, 1.82) is 0 Å². The van der Waals surface area contributed by atoms with Gasteiger partial charge in [0.15, 0.2) is 0 Å². The molecule has 0 spiro atoms. The first kappa shape index (κ1) is 17.4. The van der Waals surface area contributed by atoms with E-state index in [0.29, 0.717) is 23.0 Å². The fourth-order valence-corrected chi connectivity index (χ4v) is 3.34. The summed E-state index contributed by atoms with van der Waals surface area (Å²) < 4.78 is 11.0. The number of carbonyl (C=O) groups is 1. The molecule has 7 heteroatoms. The minimum absolute atomic E-state index is 0.106. The van der Waals surface area contributed by atoms with Gasteiger partial charge < -0.3 is 14.2 Å². The molecule has 1 N–H and O–H groups in total. The Kier molecular flexibility index (Phi) is 4.73. The molecule has 27 heavy (non-hydrogen) atoms. The summed E-state index contributed by atoms with van der Waals surface area (Å²) in [5.41, 5.74) is 2.55. The molecule has 3 aromatic rings. The molecule has 1 atom stereocenters. The van der Waals surface area contributed by atoms with E-state index in [9.17, 15) is 4.79 Å². The third-order valence-corrected chi connectivity index (χ3v) is 4.70. The Hall–Kier alpha value is -2.99. The van der Waals surface area contributed by atoms with Crippen LogP contribution in [-0.4, -0.2) is 23.2 Å². The van der Waals surface area contributed by atoms with Crippen LogP contribution in [-0.2, 0) is 4.79 Å². The summed E-state index contributed by atoms with van der Waals surface area (Å²) in [4.78, 5) is 12.9. The Morgan fingerprint density at radius 3 is 2.78 bits per heavy atom. The normalized spacial score (nSPS) is 16.4. The summed E-state index contributed by atoms with van der Waals surface area (Å²) in [5, 5.41) is 9.79. The highest BCUT2D eigenvalue weighted by Crippen LogP contribution is 2.33. The highest BCUT2D eigenvalue weighted by molar-refractivity contribution is 6.30. The maximum Gasteiger partial charge on any atom is 0.262 e. The van der Waals surface area contributed by atoms with Crippen molar-refractivity contribution >= 4 is 28.9 Å². The van der Waals surface area contributed by atoms with Crippen molar-refractivity contribution in [2.24, 2.45) is 5.10 Å². The van der Waals surface area contributed by atoms with Gasteiger partial charge in [0.1, 0.15) is 23.3 Å². The monoisotopic (exact) mass is 383 g/mol. The number of nitrogens with zero attached hydrogens (tertiary/aromatic N) is 2. The summed E-state index contributed by atoms with van der Waals surface area (Å²) >= 11 is 5.98. The van der Waals surface area contributed by atoms with Crippen molar-refractivity contribution in [2.75, 3.05) is 11.9 Å². The fourth-order valence-electron chi connectivity index (χ4n) is 3.11. The van der Waals surface area contributed by atoms with Gasteiger partial charge in [-0.3, -0.25) is 4.79 Å². The minimum atomic E-state index is -0.291. The molecule has 0 aliphatic carbocycles. The Balaban J connectivity index is 1.53. The largest absolute Gasteiger partial charge is 0.467 e. The van der Waals surface area contributed by atoms with Gasteiger partial charge in [0.05, 0.1) is 19.1 Å². The average Bonchev–Trinajstić information content (AvgIpc) is 3.40. The molecule has 1 aliphatic rings. The minimum Gasteiger partial charge on any atom is -0.467 e. The Bertz CT molecular complexity index is 965. The molecule has 0 saturated heterocycles. The maximum atomic E-state index is 12.9. The number of furan rings is 2. The second kappa shape index (κ2) is 7.32. The number of benzene rings is 1. The van der Waals surface area contributed by atoms with E-state index < -0.39 is 0 Å². The first-order chi connectivity index (χ1) is 13.1. The second-order valence-corrected chi connectivity index (χ2v) is 6.75. The molecule has 2 aromatic heterocycles. The van der Waals surface area contributed by atoms with Gasteiger partial charge in [-0.2, -0.15) is 5.10 Å². The number of amides is 1. The third kappa shape index (κ3) is 3.61. The molecule has 1 aliphatic heterocycles. The number of hydrogen-bond donors (Lipinski definition) is 1. The number of hydrazone groups is 1. The number of rotatable bonds is 5. The summed E-state index contributed by atoms with van der Waals surface area (Å²) in [6, 6.07) is 12.5. The lowest BCUT2D eigenvalue weighted by Gasteiger charge is -2.20. The summed E-state index contributed by atoms with van der Waals surface area (Å²) in [6.07, 6.45) is 3.72. The molecular formula is C20H18ClN3O3. The van der Waals surface area contributed by atoms with Crippen LogP contribution < -0.4 is 5.32 Å². The van der Waals surface area contributed by atoms with E-state index in [4.69, 9.17) is 20.4 Å². The molecule has 0 radical (unpaired) electrons. The van der Waals surface area contributed by atoms with E-state index in [1.165, 1.54) is 5.01 Å². The van der Waals surface area contributed by atoms with Gasteiger partial charge in [0, 0.05) is 17.1 Å². The van der Waals surface area contributed by atoms with Crippen LogP contribution in [0.25, 0.3) is 0 Å². The lowest BCUT2D eigenvalue weighted by molar-refractivity contribution is -0.131. The van der Waals surface area contributed by atoms with E-state index in [2.05, 4.69) is 10.4 Å². The van der Waals surface area contributed by atoms with E-state index in [1.54, 1.807) is 30.7 Å². The van der Waals surface area contributed by atoms with E-state index in [0.717, 1.165) is 17.0 Å². The van der Waals surface area contributed by atoms with Gasteiger partial charge >= 0.3 is 0 Å². The number of anilines is 1. The fraction of sp³-hybridized carbons (Fsp3) is 0.200. The number of nitrogens with one attached hydrogen (secondary N) is 1. The van der Waals surface area contributed by atoms with Crippen LogP contribution in [0.3, 0.4) is 0 Å². The summed E-state index contributed by atoms with van der Waals surface area (Å²) in [5.74, 6) is 1.19. The molecule has 4 rings (SSSR count). The first-order valence-corrected chi connectivity index (χ1v) is 8.96. The van der Waals surface area contributed by atoms with Gasteiger partial charge in [0.2, 0.25) is 0 Å². The predicted octanol–water partition coefficient (Wildman–Crippen LogP) is 4.62. The topological polar surface area (TPSA) is 71.0 Å². The number of halogens is 1. The van der Waals surface area contributed by atoms with Crippen molar-refractivity contribution in [2.45, 2.75) is 19.4 Å². The van der Waals surface area contributed by atoms with Crippen LogP contribution in [0.5, 0.6) is 0 Å². The summed E-state index contributed by atoms with van der Waals surface area (Å²) in [6.45, 7) is 2.04. The Morgan fingerprint density at radius 1 is 1.26 bits per heavy atom. The molecule has 138 valence electrons. The van der Waals surface area contributed by atoms with Crippen LogP contribution >= 0.6 is 11.6 Å². The molecule has 0 bridgehead atoms. The van der Waals surface area contributed by atoms with Crippen LogP contribution in [0.4, 0.5) is 5.69 Å². The molecule has 6 nitrogen and oxygen atoms in total. The zero-order valence-corrected chi connectivity index (χ0v) is 15.4.